The van der Waals surface area contributed by atoms with Crippen molar-refractivity contribution in [1.29, 1.82) is 0 Å². The van der Waals surface area contributed by atoms with E-state index in [-0.39, 0.29) is 5.82 Å². The zero-order chi connectivity index (χ0) is 9.26. The molecule has 0 N–H and O–H groups in total. The van der Waals surface area contributed by atoms with Gasteiger partial charge in [-0.2, -0.15) is 4.09 Å². The number of thiol groups is 1. The molecule has 0 saturated heterocycles. The maximum Gasteiger partial charge on any atom is 0.169 e. The first-order valence-electron chi connectivity index (χ1n) is 3.62. The lowest BCUT2D eigenvalue weighted by molar-refractivity contribution is 0.628. The van der Waals surface area contributed by atoms with Gasteiger partial charge >= 0.3 is 0 Å². The summed E-state index contributed by atoms with van der Waals surface area (Å²) in [7, 11) is 0. The summed E-state index contributed by atoms with van der Waals surface area (Å²) in [5, 5.41) is 3.77. The minimum Gasteiger partial charge on any atom is -0.214 e. The van der Waals surface area contributed by atoms with E-state index in [1.165, 1.54) is 22.5 Å². The molecule has 13 heavy (non-hydrogen) atoms. The Bertz CT molecular complexity index is 427. The number of halogens is 1. The molecule has 0 radical (unpaired) electrons. The van der Waals surface area contributed by atoms with Crippen molar-refractivity contribution in [3.63, 3.8) is 0 Å². The highest BCUT2D eigenvalue weighted by atomic mass is 32.1. The molecule has 2 aromatic rings. The predicted octanol–water partition coefficient (Wildman–Crippen LogP) is 1.78. The van der Waals surface area contributed by atoms with Crippen LogP contribution >= 0.6 is 12.8 Å². The van der Waals surface area contributed by atoms with Gasteiger partial charge in [0.1, 0.15) is 12.1 Å². The molecule has 0 amide bonds. The Kier molecular flexibility index (Phi) is 2.02. The Morgan fingerprint density at radius 3 is 2.85 bits per heavy atom. The zero-order valence-corrected chi connectivity index (χ0v) is 7.45. The Labute approximate surface area is 79.8 Å². The van der Waals surface area contributed by atoms with Crippen LogP contribution in [-0.2, 0) is 0 Å². The quantitative estimate of drug-likeness (QED) is 0.703. The van der Waals surface area contributed by atoms with Gasteiger partial charge in [-0.3, -0.25) is 0 Å². The second-order valence-corrected chi connectivity index (χ2v) is 2.86. The Morgan fingerprint density at radius 1 is 1.38 bits per heavy atom. The number of hydrogen-bond donors (Lipinski definition) is 1. The highest BCUT2D eigenvalue weighted by molar-refractivity contribution is 7.78. The number of benzene rings is 1. The fourth-order valence-electron chi connectivity index (χ4n) is 1.05. The van der Waals surface area contributed by atoms with Gasteiger partial charge in [-0.1, -0.05) is 12.1 Å². The molecule has 0 aliphatic rings. The largest absolute Gasteiger partial charge is 0.214 e. The van der Waals surface area contributed by atoms with Crippen LogP contribution in [0.5, 0.6) is 0 Å². The number of hydrogen-bond acceptors (Lipinski definition) is 3. The Morgan fingerprint density at radius 2 is 2.23 bits per heavy atom. The van der Waals surface area contributed by atoms with Gasteiger partial charge in [0.15, 0.2) is 5.82 Å². The number of rotatable bonds is 1. The summed E-state index contributed by atoms with van der Waals surface area (Å²) in [4.78, 5) is 3.94. The van der Waals surface area contributed by atoms with Crippen LogP contribution in [0.1, 0.15) is 0 Å². The summed E-state index contributed by atoms with van der Waals surface area (Å²) in [6.45, 7) is 0. The number of nitrogens with zero attached hydrogens (tertiary/aromatic N) is 3. The van der Waals surface area contributed by atoms with Crippen molar-refractivity contribution in [1.82, 2.24) is 14.2 Å². The van der Waals surface area contributed by atoms with Crippen LogP contribution in [-0.4, -0.2) is 14.2 Å². The molecule has 3 nitrogen and oxygen atoms in total. The van der Waals surface area contributed by atoms with Crippen molar-refractivity contribution in [3.8, 4) is 11.4 Å². The molecule has 0 spiro atoms. The molecule has 0 bridgehead atoms. The van der Waals surface area contributed by atoms with Gasteiger partial charge in [-0.25, -0.2) is 9.37 Å². The summed E-state index contributed by atoms with van der Waals surface area (Å²) in [5.74, 6) is 0.233. The maximum atomic E-state index is 12.8. The van der Waals surface area contributed by atoms with E-state index in [0.717, 1.165) is 0 Å². The molecule has 0 aliphatic heterocycles. The van der Waals surface area contributed by atoms with Gasteiger partial charge in [0.25, 0.3) is 0 Å². The summed E-state index contributed by atoms with van der Waals surface area (Å²) in [5.41, 5.74) is 0.660. The van der Waals surface area contributed by atoms with E-state index in [9.17, 15) is 4.39 Å². The summed E-state index contributed by atoms with van der Waals surface area (Å²) in [6, 6.07) is 6.13. The first kappa shape index (κ1) is 8.25. The molecule has 0 fully saturated rings. The fraction of sp³-hybridized carbons (Fsp3) is 0. The second-order valence-electron chi connectivity index (χ2n) is 2.48. The predicted molar refractivity (Wildman–Crippen MR) is 49.8 cm³/mol. The summed E-state index contributed by atoms with van der Waals surface area (Å²) in [6.07, 6.45) is 1.37. The van der Waals surface area contributed by atoms with Crippen molar-refractivity contribution in [3.05, 3.63) is 36.4 Å². The first-order valence-corrected chi connectivity index (χ1v) is 4.02. The fourth-order valence-corrected chi connectivity index (χ4v) is 1.27. The molecule has 0 saturated carbocycles. The third kappa shape index (κ3) is 1.55. The lowest BCUT2D eigenvalue weighted by Gasteiger charge is -1.98. The SMILES string of the molecule is Fc1cccc(-c2ncnn2S)c1. The van der Waals surface area contributed by atoms with E-state index < -0.39 is 0 Å². The van der Waals surface area contributed by atoms with E-state index in [2.05, 4.69) is 22.9 Å². The average Bonchev–Trinajstić information content (AvgIpc) is 2.51. The summed E-state index contributed by atoms with van der Waals surface area (Å²) >= 11 is 4.02. The van der Waals surface area contributed by atoms with Gasteiger partial charge in [-0.15, -0.1) is 5.10 Å². The van der Waals surface area contributed by atoms with Crippen LogP contribution < -0.4 is 0 Å². The first-order chi connectivity index (χ1) is 6.27. The highest BCUT2D eigenvalue weighted by Crippen LogP contribution is 2.17. The molecule has 1 aromatic heterocycles. The monoisotopic (exact) mass is 195 g/mol. The van der Waals surface area contributed by atoms with Crippen LogP contribution in [0.3, 0.4) is 0 Å². The minimum atomic E-state index is -0.297. The lowest BCUT2D eigenvalue weighted by Crippen LogP contribution is -1.89. The van der Waals surface area contributed by atoms with Gasteiger partial charge in [0.05, 0.1) is 0 Å². The molecular formula is C8H6FN3S. The third-order valence-electron chi connectivity index (χ3n) is 1.61. The van der Waals surface area contributed by atoms with E-state index in [4.69, 9.17) is 0 Å². The molecular weight excluding hydrogens is 189 g/mol. The Hall–Kier alpha value is -1.36. The molecule has 0 aliphatic carbocycles. The molecule has 5 heteroatoms. The molecule has 66 valence electrons. The van der Waals surface area contributed by atoms with Crippen molar-refractivity contribution in [2.75, 3.05) is 0 Å². The van der Waals surface area contributed by atoms with E-state index in [1.54, 1.807) is 12.1 Å². The van der Waals surface area contributed by atoms with Gasteiger partial charge < -0.3 is 0 Å². The lowest BCUT2D eigenvalue weighted by atomic mass is 10.2. The van der Waals surface area contributed by atoms with Gasteiger partial charge in [-0.05, 0) is 24.9 Å². The molecule has 1 aromatic carbocycles. The smallest absolute Gasteiger partial charge is 0.169 e. The second kappa shape index (κ2) is 3.18. The van der Waals surface area contributed by atoms with Gasteiger partial charge in [0.2, 0.25) is 0 Å². The van der Waals surface area contributed by atoms with Crippen molar-refractivity contribution < 1.29 is 4.39 Å². The van der Waals surface area contributed by atoms with E-state index >= 15 is 0 Å². The van der Waals surface area contributed by atoms with Crippen molar-refractivity contribution >= 4 is 12.8 Å². The maximum absolute atomic E-state index is 12.8. The normalized spacial score (nSPS) is 10.3. The highest BCUT2D eigenvalue weighted by Gasteiger charge is 2.04. The van der Waals surface area contributed by atoms with Crippen LogP contribution in [0.25, 0.3) is 11.4 Å². The van der Waals surface area contributed by atoms with Crippen molar-refractivity contribution in [2.24, 2.45) is 0 Å². The molecule has 1 heterocycles. The van der Waals surface area contributed by atoms with E-state index in [1.807, 2.05) is 0 Å². The van der Waals surface area contributed by atoms with Crippen LogP contribution in [0.2, 0.25) is 0 Å². The standard InChI is InChI=1S/C8H6FN3S/c9-7-3-1-2-6(4-7)8-10-5-11-12(8)13/h1-5,13H. The van der Waals surface area contributed by atoms with Crippen LogP contribution in [0.4, 0.5) is 4.39 Å². The van der Waals surface area contributed by atoms with Crippen LogP contribution in [0, 0.1) is 5.82 Å². The third-order valence-corrected chi connectivity index (χ3v) is 1.91. The van der Waals surface area contributed by atoms with Crippen LogP contribution in [0.15, 0.2) is 30.6 Å². The zero-order valence-electron chi connectivity index (χ0n) is 6.55. The number of aromatic nitrogens is 3. The minimum absolute atomic E-state index is 0.297. The Balaban J connectivity index is 2.53. The topological polar surface area (TPSA) is 30.7 Å². The van der Waals surface area contributed by atoms with Crippen molar-refractivity contribution in [2.45, 2.75) is 0 Å². The molecule has 0 atom stereocenters. The summed E-state index contributed by atoms with van der Waals surface area (Å²) < 4.78 is 14.1. The average molecular weight is 195 g/mol. The molecule has 0 unspecified atom stereocenters. The van der Waals surface area contributed by atoms with Gasteiger partial charge in [0, 0.05) is 5.56 Å². The van der Waals surface area contributed by atoms with E-state index in [0.29, 0.717) is 11.4 Å². The molecule has 2 rings (SSSR count).